The number of nitrogens with two attached hydrogens (primary N) is 1. The van der Waals surface area contributed by atoms with Crippen LogP contribution in [0, 0.1) is 0 Å². The molecule has 2 N–H and O–H groups in total. The molecule has 0 aliphatic heterocycles. The fourth-order valence-corrected chi connectivity index (χ4v) is 4.55. The van der Waals surface area contributed by atoms with Gasteiger partial charge in [-0.15, -0.1) is 0 Å². The summed E-state index contributed by atoms with van der Waals surface area (Å²) in [5.41, 5.74) is 11.7. The standard InChI is InChI=1S/C26H25N7O/c1-32-22(12-15-29-32)25-30-21-16-28-23(17-4-10-20(34-2)11-5-17)31-24(21)33(25)19-8-6-18(7-9-19)26(27)13-3-14-26/h4-12,15-16H,3,13-14,27H2,1-2H3. The predicted octanol–water partition coefficient (Wildman–Crippen LogP) is 4.23. The van der Waals surface area contributed by atoms with Gasteiger partial charge in [0.2, 0.25) is 0 Å². The third-order valence-corrected chi connectivity index (χ3v) is 6.74. The first-order chi connectivity index (χ1) is 16.6. The van der Waals surface area contributed by atoms with E-state index < -0.39 is 0 Å². The lowest BCUT2D eigenvalue weighted by molar-refractivity contribution is 0.253. The van der Waals surface area contributed by atoms with Crippen LogP contribution in [0.1, 0.15) is 24.8 Å². The van der Waals surface area contributed by atoms with E-state index in [-0.39, 0.29) is 5.54 Å². The molecule has 2 aromatic carbocycles. The van der Waals surface area contributed by atoms with E-state index in [0.29, 0.717) is 11.3 Å². The molecule has 3 heterocycles. The summed E-state index contributed by atoms with van der Waals surface area (Å²) in [6, 6.07) is 18.1. The number of benzene rings is 2. The van der Waals surface area contributed by atoms with Gasteiger partial charge >= 0.3 is 0 Å². The molecule has 0 bridgehead atoms. The van der Waals surface area contributed by atoms with E-state index in [1.807, 2.05) is 42.1 Å². The van der Waals surface area contributed by atoms with Crippen LogP contribution in [0.4, 0.5) is 0 Å². The highest BCUT2D eigenvalue weighted by Crippen LogP contribution is 2.39. The van der Waals surface area contributed by atoms with Crippen molar-refractivity contribution in [2.45, 2.75) is 24.8 Å². The lowest BCUT2D eigenvalue weighted by atomic mass is 9.73. The minimum Gasteiger partial charge on any atom is -0.497 e. The lowest BCUT2D eigenvalue weighted by Crippen LogP contribution is -2.43. The number of imidazole rings is 1. The van der Waals surface area contributed by atoms with Crippen LogP contribution in [0.15, 0.2) is 67.0 Å². The zero-order valence-corrected chi connectivity index (χ0v) is 19.1. The van der Waals surface area contributed by atoms with Gasteiger partial charge in [-0.05, 0) is 67.3 Å². The Morgan fingerprint density at radius 2 is 1.74 bits per heavy atom. The molecule has 0 amide bonds. The Balaban J connectivity index is 1.52. The fraction of sp³-hybridized carbons (Fsp3) is 0.231. The summed E-state index contributed by atoms with van der Waals surface area (Å²) < 4.78 is 9.16. The molecule has 6 rings (SSSR count). The summed E-state index contributed by atoms with van der Waals surface area (Å²) in [5.74, 6) is 2.17. The van der Waals surface area contributed by atoms with Crippen molar-refractivity contribution < 1.29 is 4.74 Å². The van der Waals surface area contributed by atoms with E-state index in [0.717, 1.165) is 47.0 Å². The monoisotopic (exact) mass is 451 g/mol. The van der Waals surface area contributed by atoms with Crippen LogP contribution < -0.4 is 10.5 Å². The third-order valence-electron chi connectivity index (χ3n) is 6.74. The number of hydrogen-bond acceptors (Lipinski definition) is 6. The van der Waals surface area contributed by atoms with E-state index in [4.69, 9.17) is 20.4 Å². The number of aromatic nitrogens is 6. The second kappa shape index (κ2) is 7.78. The number of ether oxygens (including phenoxy) is 1. The number of rotatable bonds is 5. The van der Waals surface area contributed by atoms with Gasteiger partial charge in [-0.25, -0.2) is 15.0 Å². The summed E-state index contributed by atoms with van der Waals surface area (Å²) in [6.07, 6.45) is 6.78. The molecule has 8 nitrogen and oxygen atoms in total. The van der Waals surface area contributed by atoms with Gasteiger partial charge in [0, 0.05) is 30.0 Å². The number of hydrogen-bond donors (Lipinski definition) is 1. The Morgan fingerprint density at radius 1 is 0.971 bits per heavy atom. The molecule has 8 heteroatoms. The Morgan fingerprint density at radius 3 is 2.35 bits per heavy atom. The lowest BCUT2D eigenvalue weighted by Gasteiger charge is -2.38. The summed E-state index contributed by atoms with van der Waals surface area (Å²) in [4.78, 5) is 14.4. The third kappa shape index (κ3) is 3.26. The van der Waals surface area contributed by atoms with E-state index >= 15 is 0 Å². The first-order valence-electron chi connectivity index (χ1n) is 11.3. The maximum absolute atomic E-state index is 6.56. The maximum Gasteiger partial charge on any atom is 0.169 e. The van der Waals surface area contributed by atoms with Crippen LogP contribution >= 0.6 is 0 Å². The molecule has 170 valence electrons. The van der Waals surface area contributed by atoms with Crippen molar-refractivity contribution in [1.29, 1.82) is 0 Å². The van der Waals surface area contributed by atoms with Crippen LogP contribution in [0.25, 0.3) is 39.8 Å². The summed E-state index contributed by atoms with van der Waals surface area (Å²) in [7, 11) is 3.56. The Kier molecular flexibility index (Phi) is 4.70. The van der Waals surface area contributed by atoms with Gasteiger partial charge in [0.1, 0.15) is 17.0 Å². The summed E-state index contributed by atoms with van der Waals surface area (Å²) in [5, 5.41) is 4.34. The van der Waals surface area contributed by atoms with Gasteiger partial charge in [-0.1, -0.05) is 12.1 Å². The molecule has 3 aromatic heterocycles. The molecule has 1 fully saturated rings. The topological polar surface area (TPSA) is 96.7 Å². The smallest absolute Gasteiger partial charge is 0.169 e. The molecule has 0 spiro atoms. The zero-order valence-electron chi connectivity index (χ0n) is 19.1. The van der Waals surface area contributed by atoms with Crippen LogP contribution in [0.5, 0.6) is 5.75 Å². The Hall–Kier alpha value is -4.04. The van der Waals surface area contributed by atoms with Gasteiger partial charge in [0.05, 0.1) is 13.3 Å². The van der Waals surface area contributed by atoms with E-state index in [1.165, 1.54) is 12.0 Å². The van der Waals surface area contributed by atoms with Crippen LogP contribution in [0.2, 0.25) is 0 Å². The number of aryl methyl sites for hydroxylation is 1. The highest BCUT2D eigenvalue weighted by Gasteiger charge is 2.34. The van der Waals surface area contributed by atoms with Gasteiger partial charge < -0.3 is 10.5 Å². The normalized spacial score (nSPS) is 14.8. The second-order valence-corrected chi connectivity index (χ2v) is 8.80. The minimum absolute atomic E-state index is 0.204. The van der Waals surface area contributed by atoms with Crippen molar-refractivity contribution in [3.8, 4) is 34.3 Å². The van der Waals surface area contributed by atoms with Gasteiger partial charge in [-0.3, -0.25) is 9.25 Å². The van der Waals surface area contributed by atoms with Crippen molar-refractivity contribution >= 4 is 11.2 Å². The Labute approximate surface area is 197 Å². The van der Waals surface area contributed by atoms with E-state index in [2.05, 4.69) is 38.9 Å². The molecule has 34 heavy (non-hydrogen) atoms. The van der Waals surface area contributed by atoms with Crippen molar-refractivity contribution in [1.82, 2.24) is 29.3 Å². The number of nitrogens with zero attached hydrogens (tertiary/aromatic N) is 6. The van der Waals surface area contributed by atoms with Crippen LogP contribution in [-0.2, 0) is 12.6 Å². The Bertz CT molecular complexity index is 1480. The number of methoxy groups -OCH3 is 1. The minimum atomic E-state index is -0.204. The van der Waals surface area contributed by atoms with Crippen molar-refractivity contribution in [2.24, 2.45) is 12.8 Å². The average Bonchev–Trinajstić information content (AvgIpc) is 3.45. The molecule has 0 saturated heterocycles. The summed E-state index contributed by atoms with van der Waals surface area (Å²) in [6.45, 7) is 0. The highest BCUT2D eigenvalue weighted by molar-refractivity contribution is 5.80. The molecule has 1 aliphatic rings. The largest absolute Gasteiger partial charge is 0.497 e. The number of fused-ring (bicyclic) bond motifs is 1. The van der Waals surface area contributed by atoms with Crippen molar-refractivity contribution in [3.05, 3.63) is 72.6 Å². The molecular formula is C26H25N7O. The van der Waals surface area contributed by atoms with Gasteiger partial charge in [0.25, 0.3) is 0 Å². The van der Waals surface area contributed by atoms with Gasteiger partial charge in [0.15, 0.2) is 17.3 Å². The first kappa shape index (κ1) is 20.6. The average molecular weight is 452 g/mol. The quantitative estimate of drug-likeness (QED) is 0.430. The van der Waals surface area contributed by atoms with Crippen molar-refractivity contribution in [3.63, 3.8) is 0 Å². The fourth-order valence-electron chi connectivity index (χ4n) is 4.55. The van der Waals surface area contributed by atoms with Gasteiger partial charge in [-0.2, -0.15) is 5.10 Å². The maximum atomic E-state index is 6.56. The second-order valence-electron chi connectivity index (χ2n) is 8.80. The molecule has 1 aliphatic carbocycles. The van der Waals surface area contributed by atoms with E-state index in [1.54, 1.807) is 19.5 Å². The highest BCUT2D eigenvalue weighted by atomic mass is 16.5. The summed E-state index contributed by atoms with van der Waals surface area (Å²) >= 11 is 0. The molecular weight excluding hydrogens is 426 g/mol. The molecule has 5 aromatic rings. The van der Waals surface area contributed by atoms with Crippen LogP contribution in [0.3, 0.4) is 0 Å². The molecule has 0 radical (unpaired) electrons. The zero-order chi connectivity index (χ0) is 23.3. The molecule has 0 atom stereocenters. The van der Waals surface area contributed by atoms with Crippen LogP contribution in [-0.4, -0.2) is 36.4 Å². The SMILES string of the molecule is COc1ccc(-c2ncc3nc(-c4ccnn4C)n(-c4ccc(C5(N)CCC5)cc4)c3n2)cc1. The molecule has 0 unspecified atom stereocenters. The van der Waals surface area contributed by atoms with Crippen molar-refractivity contribution in [2.75, 3.05) is 7.11 Å². The first-order valence-corrected chi connectivity index (χ1v) is 11.3. The molecule has 1 saturated carbocycles. The predicted molar refractivity (Wildman–Crippen MR) is 131 cm³/mol. The van der Waals surface area contributed by atoms with E-state index in [9.17, 15) is 0 Å².